The van der Waals surface area contributed by atoms with Gasteiger partial charge in [0.2, 0.25) is 5.91 Å². The summed E-state index contributed by atoms with van der Waals surface area (Å²) in [6.07, 6.45) is 33.6. The molecule has 0 radical (unpaired) electrons. The van der Waals surface area contributed by atoms with Gasteiger partial charge < -0.3 is 5.32 Å². The van der Waals surface area contributed by atoms with Gasteiger partial charge in [0, 0.05) is 6.54 Å². The van der Waals surface area contributed by atoms with E-state index in [-0.39, 0.29) is 18.1 Å². The molecule has 33 heavy (non-hydrogen) atoms. The molecule has 0 bridgehead atoms. The highest BCUT2D eigenvalue weighted by atomic mass is 16.2. The number of ketones is 1. The van der Waals surface area contributed by atoms with Crippen LogP contribution in [0.2, 0.25) is 0 Å². The van der Waals surface area contributed by atoms with E-state index in [1.807, 2.05) is 0 Å². The Labute approximate surface area is 207 Å². The minimum atomic E-state index is -0.128. The molecule has 0 fully saturated rings. The van der Waals surface area contributed by atoms with E-state index in [1.165, 1.54) is 155 Å². The zero-order chi connectivity index (χ0) is 24.2. The van der Waals surface area contributed by atoms with Gasteiger partial charge in [0.25, 0.3) is 0 Å². The van der Waals surface area contributed by atoms with Crippen LogP contribution in [0.15, 0.2) is 0 Å². The lowest BCUT2D eigenvalue weighted by atomic mass is 10.0. The quantitative estimate of drug-likeness (QED) is 0.0969. The van der Waals surface area contributed by atoms with Gasteiger partial charge in [-0.3, -0.25) is 9.59 Å². The number of rotatable bonds is 27. The third-order valence-corrected chi connectivity index (χ3v) is 6.76. The first-order valence-corrected chi connectivity index (χ1v) is 14.9. The molecule has 0 aliphatic carbocycles. The van der Waals surface area contributed by atoms with Crippen LogP contribution in [0, 0.1) is 0 Å². The van der Waals surface area contributed by atoms with Gasteiger partial charge in [-0.1, -0.05) is 155 Å². The molecule has 0 saturated carbocycles. The molecule has 0 aliphatic heterocycles. The molecule has 0 unspecified atom stereocenters. The van der Waals surface area contributed by atoms with Gasteiger partial charge in [0.15, 0.2) is 0 Å². The summed E-state index contributed by atoms with van der Waals surface area (Å²) >= 11 is 0. The molecule has 0 rings (SSSR count). The average molecular weight is 466 g/mol. The van der Waals surface area contributed by atoms with Gasteiger partial charge in [0.05, 0.1) is 6.42 Å². The molecule has 0 aromatic heterocycles. The first-order valence-electron chi connectivity index (χ1n) is 14.9. The molecule has 196 valence electrons. The molecule has 0 aromatic carbocycles. The van der Waals surface area contributed by atoms with Crippen molar-refractivity contribution in [1.29, 1.82) is 0 Å². The molecular weight excluding hydrogens is 406 g/mol. The van der Waals surface area contributed by atoms with Crippen LogP contribution < -0.4 is 5.32 Å². The van der Waals surface area contributed by atoms with Gasteiger partial charge >= 0.3 is 0 Å². The van der Waals surface area contributed by atoms with E-state index in [1.54, 1.807) is 0 Å². The highest BCUT2D eigenvalue weighted by molar-refractivity contribution is 5.96. The normalized spacial score (nSPS) is 11.1. The summed E-state index contributed by atoms with van der Waals surface area (Å²) in [4.78, 5) is 22.2. The summed E-state index contributed by atoms with van der Waals surface area (Å²) in [6, 6.07) is 0. The zero-order valence-corrected chi connectivity index (χ0v) is 22.7. The molecule has 0 saturated heterocycles. The molecule has 1 N–H and O–H groups in total. The SMILES string of the molecule is CCCCCCCCCCCCCCCCCCCCCCCCCCNC(=O)CC(C)=O. The Morgan fingerprint density at radius 3 is 1.00 bits per heavy atom. The third-order valence-electron chi connectivity index (χ3n) is 6.76. The van der Waals surface area contributed by atoms with Crippen molar-refractivity contribution in [2.24, 2.45) is 0 Å². The van der Waals surface area contributed by atoms with Crippen LogP contribution in [0.1, 0.15) is 174 Å². The van der Waals surface area contributed by atoms with Gasteiger partial charge in [-0.15, -0.1) is 0 Å². The maximum absolute atomic E-state index is 11.4. The molecule has 0 spiro atoms. The van der Waals surface area contributed by atoms with Crippen molar-refractivity contribution in [3.63, 3.8) is 0 Å². The summed E-state index contributed by atoms with van der Waals surface area (Å²) in [5, 5.41) is 2.82. The maximum Gasteiger partial charge on any atom is 0.227 e. The fourth-order valence-corrected chi connectivity index (χ4v) is 4.60. The van der Waals surface area contributed by atoms with Crippen LogP contribution in [-0.2, 0) is 9.59 Å². The Balaban J connectivity index is 3.06. The monoisotopic (exact) mass is 465 g/mol. The Hall–Kier alpha value is -0.860. The number of hydrogen-bond donors (Lipinski definition) is 1. The Morgan fingerprint density at radius 1 is 0.455 bits per heavy atom. The second-order valence-corrected chi connectivity index (χ2v) is 10.4. The minimum absolute atomic E-state index is 0.0272. The van der Waals surface area contributed by atoms with Crippen LogP contribution in [0.25, 0.3) is 0 Å². The number of carbonyl (C=O) groups is 2. The van der Waals surface area contributed by atoms with Crippen LogP contribution in [0.5, 0.6) is 0 Å². The smallest absolute Gasteiger partial charge is 0.227 e. The first kappa shape index (κ1) is 32.1. The lowest BCUT2D eigenvalue weighted by Gasteiger charge is -2.05. The van der Waals surface area contributed by atoms with E-state index in [4.69, 9.17) is 0 Å². The van der Waals surface area contributed by atoms with Gasteiger partial charge in [0.1, 0.15) is 5.78 Å². The van der Waals surface area contributed by atoms with Crippen molar-refractivity contribution in [2.45, 2.75) is 174 Å². The van der Waals surface area contributed by atoms with Gasteiger partial charge in [-0.2, -0.15) is 0 Å². The van der Waals surface area contributed by atoms with Crippen molar-refractivity contribution in [3.8, 4) is 0 Å². The fraction of sp³-hybridized carbons (Fsp3) is 0.933. The molecular formula is C30H59NO2. The van der Waals surface area contributed by atoms with E-state index < -0.39 is 0 Å². The number of nitrogens with one attached hydrogen (secondary N) is 1. The summed E-state index contributed by atoms with van der Waals surface area (Å²) < 4.78 is 0. The van der Waals surface area contributed by atoms with Crippen molar-refractivity contribution >= 4 is 11.7 Å². The minimum Gasteiger partial charge on any atom is -0.356 e. The summed E-state index contributed by atoms with van der Waals surface area (Å²) in [7, 11) is 0. The van der Waals surface area contributed by atoms with Crippen molar-refractivity contribution in [2.75, 3.05) is 6.54 Å². The molecule has 3 nitrogen and oxygen atoms in total. The molecule has 0 heterocycles. The van der Waals surface area contributed by atoms with Crippen LogP contribution in [0.4, 0.5) is 0 Å². The third kappa shape index (κ3) is 29.1. The zero-order valence-electron chi connectivity index (χ0n) is 22.7. The lowest BCUT2D eigenvalue weighted by molar-refractivity contribution is -0.127. The number of unbranched alkanes of at least 4 members (excludes halogenated alkanes) is 23. The fourth-order valence-electron chi connectivity index (χ4n) is 4.60. The number of amides is 1. The highest BCUT2D eigenvalue weighted by Crippen LogP contribution is 2.15. The molecule has 0 atom stereocenters. The Morgan fingerprint density at radius 2 is 0.727 bits per heavy atom. The summed E-state index contributed by atoms with van der Waals surface area (Å²) in [5.74, 6) is -0.191. The largest absolute Gasteiger partial charge is 0.356 e. The van der Waals surface area contributed by atoms with Crippen molar-refractivity contribution in [1.82, 2.24) is 5.32 Å². The molecule has 3 heteroatoms. The Bertz CT molecular complexity index is 422. The van der Waals surface area contributed by atoms with E-state index >= 15 is 0 Å². The van der Waals surface area contributed by atoms with Crippen molar-refractivity contribution < 1.29 is 9.59 Å². The van der Waals surface area contributed by atoms with E-state index in [9.17, 15) is 9.59 Å². The summed E-state index contributed by atoms with van der Waals surface area (Å²) in [6.45, 7) is 4.47. The van der Waals surface area contributed by atoms with Crippen LogP contribution >= 0.6 is 0 Å². The van der Waals surface area contributed by atoms with E-state index in [2.05, 4.69) is 12.2 Å². The lowest BCUT2D eigenvalue weighted by Crippen LogP contribution is -2.25. The number of hydrogen-bond acceptors (Lipinski definition) is 2. The summed E-state index contributed by atoms with van der Waals surface area (Å²) in [5.41, 5.74) is 0. The standard InChI is InChI=1S/C30H59NO2/c1-3-4-5-6-7-8-9-10-11-12-13-14-15-16-17-18-19-20-21-22-23-24-25-26-27-31-30(33)28-29(2)32/h3-28H2,1-2H3,(H,31,33). The number of Topliss-reactive ketones (excluding diaryl/α,β-unsaturated/α-hetero) is 1. The topological polar surface area (TPSA) is 46.2 Å². The molecule has 0 aliphatic rings. The van der Waals surface area contributed by atoms with Crippen LogP contribution in [-0.4, -0.2) is 18.2 Å². The maximum atomic E-state index is 11.4. The highest BCUT2D eigenvalue weighted by Gasteiger charge is 2.03. The number of carbonyl (C=O) groups excluding carboxylic acids is 2. The van der Waals surface area contributed by atoms with E-state index in [0.717, 1.165) is 6.42 Å². The Kier molecular flexibility index (Phi) is 26.7. The van der Waals surface area contributed by atoms with Crippen LogP contribution in [0.3, 0.4) is 0 Å². The second-order valence-electron chi connectivity index (χ2n) is 10.4. The first-order chi connectivity index (χ1) is 16.2. The second kappa shape index (κ2) is 27.4. The van der Waals surface area contributed by atoms with Gasteiger partial charge in [-0.25, -0.2) is 0 Å². The van der Waals surface area contributed by atoms with E-state index in [0.29, 0.717) is 6.54 Å². The average Bonchev–Trinajstić information content (AvgIpc) is 2.78. The predicted molar refractivity (Wildman–Crippen MR) is 145 cm³/mol. The van der Waals surface area contributed by atoms with Crippen molar-refractivity contribution in [3.05, 3.63) is 0 Å². The molecule has 0 aromatic rings. The van der Waals surface area contributed by atoms with Gasteiger partial charge in [-0.05, 0) is 13.3 Å². The predicted octanol–water partition coefficient (Wildman–Crippen LogP) is 9.46. The molecule has 1 amide bonds.